The van der Waals surface area contributed by atoms with Crippen LogP contribution in [-0.2, 0) is 4.74 Å². The predicted molar refractivity (Wildman–Crippen MR) is 60.3 cm³/mol. The molecule has 1 saturated carbocycles. The van der Waals surface area contributed by atoms with Crippen molar-refractivity contribution in [2.75, 3.05) is 19.7 Å². The largest absolute Gasteiger partial charge is 0.447 e. The molecule has 3 rings (SSSR count). The molecule has 0 aromatic carbocycles. The van der Waals surface area contributed by atoms with Gasteiger partial charge in [0.1, 0.15) is 6.61 Å². The Labute approximate surface area is 96.3 Å². The van der Waals surface area contributed by atoms with E-state index in [1.165, 1.54) is 12.8 Å². The molecule has 16 heavy (non-hydrogen) atoms. The number of piperidine rings is 1. The van der Waals surface area contributed by atoms with Crippen LogP contribution in [0.25, 0.3) is 0 Å². The van der Waals surface area contributed by atoms with Crippen molar-refractivity contribution in [3.05, 3.63) is 0 Å². The van der Waals surface area contributed by atoms with E-state index in [-0.39, 0.29) is 11.6 Å². The van der Waals surface area contributed by atoms with Crippen LogP contribution in [0.2, 0.25) is 0 Å². The van der Waals surface area contributed by atoms with Crippen molar-refractivity contribution in [1.29, 1.82) is 0 Å². The van der Waals surface area contributed by atoms with Gasteiger partial charge in [-0.3, -0.25) is 4.90 Å². The van der Waals surface area contributed by atoms with Crippen LogP contribution in [0.5, 0.6) is 0 Å². The van der Waals surface area contributed by atoms with Crippen LogP contribution in [-0.4, -0.2) is 42.3 Å². The van der Waals surface area contributed by atoms with E-state index >= 15 is 0 Å². The SMILES string of the molecule is O=C1OCC2(CCCNC2)N1C1CCCC1. The van der Waals surface area contributed by atoms with Gasteiger partial charge in [0.15, 0.2) is 0 Å². The summed E-state index contributed by atoms with van der Waals surface area (Å²) in [5.41, 5.74) is -0.0235. The Kier molecular flexibility index (Phi) is 2.54. The minimum Gasteiger partial charge on any atom is -0.447 e. The Morgan fingerprint density at radius 1 is 1.31 bits per heavy atom. The number of cyclic esters (lactones) is 1. The molecule has 0 bridgehead atoms. The van der Waals surface area contributed by atoms with Crippen LogP contribution in [0.3, 0.4) is 0 Å². The number of ether oxygens (including phenoxy) is 1. The average molecular weight is 224 g/mol. The quantitative estimate of drug-likeness (QED) is 0.734. The lowest BCUT2D eigenvalue weighted by molar-refractivity contribution is 0.0948. The first-order valence-electron chi connectivity index (χ1n) is 6.49. The molecule has 2 saturated heterocycles. The molecule has 0 radical (unpaired) electrons. The second-order valence-corrected chi connectivity index (χ2v) is 5.37. The highest BCUT2D eigenvalue weighted by Crippen LogP contribution is 2.37. The van der Waals surface area contributed by atoms with Crippen LogP contribution < -0.4 is 5.32 Å². The zero-order valence-corrected chi connectivity index (χ0v) is 9.71. The molecule has 1 aliphatic carbocycles. The number of nitrogens with one attached hydrogen (secondary N) is 1. The lowest BCUT2D eigenvalue weighted by Crippen LogP contribution is -2.59. The molecular weight excluding hydrogens is 204 g/mol. The lowest BCUT2D eigenvalue weighted by Gasteiger charge is -2.41. The van der Waals surface area contributed by atoms with Gasteiger partial charge in [0.2, 0.25) is 0 Å². The molecule has 2 heterocycles. The first-order chi connectivity index (χ1) is 7.82. The zero-order chi connectivity index (χ0) is 11.0. The van der Waals surface area contributed by atoms with Gasteiger partial charge in [0, 0.05) is 12.6 Å². The van der Waals surface area contributed by atoms with E-state index in [0.717, 1.165) is 38.8 Å². The summed E-state index contributed by atoms with van der Waals surface area (Å²) in [4.78, 5) is 14.0. The third-order valence-electron chi connectivity index (χ3n) is 4.31. The molecule has 0 aromatic rings. The maximum Gasteiger partial charge on any atom is 0.410 e. The number of carbonyl (C=O) groups excluding carboxylic acids is 1. The Balaban J connectivity index is 1.83. The van der Waals surface area contributed by atoms with Crippen molar-refractivity contribution in [3.63, 3.8) is 0 Å². The van der Waals surface area contributed by atoms with Gasteiger partial charge < -0.3 is 10.1 Å². The maximum absolute atomic E-state index is 11.9. The van der Waals surface area contributed by atoms with E-state index in [0.29, 0.717) is 12.6 Å². The van der Waals surface area contributed by atoms with Gasteiger partial charge in [-0.2, -0.15) is 0 Å². The minimum atomic E-state index is -0.0735. The lowest BCUT2D eigenvalue weighted by atomic mass is 9.88. The average Bonchev–Trinajstić information content (AvgIpc) is 2.90. The Bertz CT molecular complexity index is 281. The van der Waals surface area contributed by atoms with Gasteiger partial charge in [-0.1, -0.05) is 12.8 Å². The van der Waals surface area contributed by atoms with E-state index in [1.54, 1.807) is 0 Å². The second-order valence-electron chi connectivity index (χ2n) is 5.37. The highest BCUT2D eigenvalue weighted by atomic mass is 16.6. The van der Waals surface area contributed by atoms with Crippen molar-refractivity contribution < 1.29 is 9.53 Å². The molecule has 4 heteroatoms. The summed E-state index contributed by atoms with van der Waals surface area (Å²) in [6, 6.07) is 0.440. The smallest absolute Gasteiger partial charge is 0.410 e. The van der Waals surface area contributed by atoms with Gasteiger partial charge in [-0.15, -0.1) is 0 Å². The summed E-state index contributed by atoms with van der Waals surface area (Å²) in [6.07, 6.45) is 7.03. The molecule has 1 spiro atoms. The highest BCUT2D eigenvalue weighted by Gasteiger charge is 2.51. The van der Waals surface area contributed by atoms with Crippen LogP contribution in [0.15, 0.2) is 0 Å². The second kappa shape index (κ2) is 3.91. The molecule has 2 aliphatic heterocycles. The van der Waals surface area contributed by atoms with E-state index in [9.17, 15) is 4.79 Å². The third-order valence-corrected chi connectivity index (χ3v) is 4.31. The molecule has 0 aromatic heterocycles. The molecule has 4 nitrogen and oxygen atoms in total. The Morgan fingerprint density at radius 2 is 2.12 bits per heavy atom. The fourth-order valence-electron chi connectivity index (χ4n) is 3.51. The molecule has 1 N–H and O–H groups in total. The topological polar surface area (TPSA) is 41.6 Å². The molecule has 3 aliphatic rings. The fourth-order valence-corrected chi connectivity index (χ4v) is 3.51. The number of nitrogens with zero attached hydrogens (tertiary/aromatic N) is 1. The number of amides is 1. The predicted octanol–water partition coefficient (Wildman–Crippen LogP) is 1.50. The molecule has 1 amide bonds. The summed E-state index contributed by atoms with van der Waals surface area (Å²) < 4.78 is 5.32. The van der Waals surface area contributed by atoms with E-state index in [2.05, 4.69) is 10.2 Å². The normalized spacial score (nSPS) is 36.0. The van der Waals surface area contributed by atoms with Crippen LogP contribution >= 0.6 is 0 Å². The van der Waals surface area contributed by atoms with Gasteiger partial charge in [-0.25, -0.2) is 4.79 Å². The minimum absolute atomic E-state index is 0.0235. The third kappa shape index (κ3) is 1.51. The van der Waals surface area contributed by atoms with E-state index in [4.69, 9.17) is 4.74 Å². The Morgan fingerprint density at radius 3 is 2.81 bits per heavy atom. The van der Waals surface area contributed by atoms with E-state index in [1.807, 2.05) is 0 Å². The van der Waals surface area contributed by atoms with Crippen molar-refractivity contribution in [2.24, 2.45) is 0 Å². The van der Waals surface area contributed by atoms with Crippen molar-refractivity contribution >= 4 is 6.09 Å². The summed E-state index contributed by atoms with van der Waals surface area (Å²) in [7, 11) is 0. The molecule has 1 atom stereocenters. The fraction of sp³-hybridized carbons (Fsp3) is 0.917. The molecule has 1 unspecified atom stereocenters. The highest BCUT2D eigenvalue weighted by molar-refractivity contribution is 5.72. The van der Waals surface area contributed by atoms with Gasteiger partial charge in [0.05, 0.1) is 5.54 Å². The first kappa shape index (κ1) is 10.4. The summed E-state index contributed by atoms with van der Waals surface area (Å²) in [6.45, 7) is 2.58. The monoisotopic (exact) mass is 224 g/mol. The van der Waals surface area contributed by atoms with Crippen molar-refractivity contribution in [1.82, 2.24) is 10.2 Å². The van der Waals surface area contributed by atoms with Crippen LogP contribution in [0, 0.1) is 0 Å². The van der Waals surface area contributed by atoms with Crippen LogP contribution in [0.4, 0.5) is 4.79 Å². The molecule has 3 fully saturated rings. The summed E-state index contributed by atoms with van der Waals surface area (Å²) >= 11 is 0. The van der Waals surface area contributed by atoms with Gasteiger partial charge in [0.25, 0.3) is 0 Å². The zero-order valence-electron chi connectivity index (χ0n) is 9.71. The maximum atomic E-state index is 11.9. The van der Waals surface area contributed by atoms with Gasteiger partial charge >= 0.3 is 6.09 Å². The van der Waals surface area contributed by atoms with Crippen molar-refractivity contribution in [3.8, 4) is 0 Å². The standard InChI is InChI=1S/C12H20N2O2/c15-11-14(10-4-1-2-5-10)12(9-16-11)6-3-7-13-8-12/h10,13H,1-9H2. The number of hydrogen-bond acceptors (Lipinski definition) is 3. The summed E-state index contributed by atoms with van der Waals surface area (Å²) in [5, 5.41) is 3.42. The van der Waals surface area contributed by atoms with Crippen LogP contribution in [0.1, 0.15) is 38.5 Å². The number of carbonyl (C=O) groups is 1. The van der Waals surface area contributed by atoms with Crippen molar-refractivity contribution in [2.45, 2.75) is 50.1 Å². The molecule has 90 valence electrons. The number of rotatable bonds is 1. The number of hydrogen-bond donors (Lipinski definition) is 1. The molecular formula is C12H20N2O2. The first-order valence-corrected chi connectivity index (χ1v) is 6.49. The van der Waals surface area contributed by atoms with E-state index < -0.39 is 0 Å². The summed E-state index contributed by atoms with van der Waals surface area (Å²) in [5.74, 6) is 0. The Hall–Kier alpha value is -0.770. The van der Waals surface area contributed by atoms with Gasteiger partial charge in [-0.05, 0) is 32.2 Å².